The van der Waals surface area contributed by atoms with Gasteiger partial charge in [-0.25, -0.2) is 0 Å². The number of nitrogens with zero attached hydrogens (tertiary/aromatic N) is 1. The van der Waals surface area contributed by atoms with Crippen LogP contribution >= 0.6 is 23.2 Å². The fourth-order valence-corrected chi connectivity index (χ4v) is 6.41. The Hall–Kier alpha value is -1.26. The van der Waals surface area contributed by atoms with Crippen LogP contribution in [-0.2, 0) is 14.9 Å². The Morgan fingerprint density at radius 2 is 2.00 bits per heavy atom. The first-order valence-corrected chi connectivity index (χ1v) is 10.2. The minimum Gasteiger partial charge on any atom is -0.469 e. The number of benzene rings is 1. The van der Waals surface area contributed by atoms with E-state index in [1.165, 1.54) is 7.11 Å². The SMILES string of the molecule is COC(=O)[C@]1(C)CCC[C@]2(C)c3cc(Cl)c(C(C)C)c(Cl)c3C(=NO)C[C@@H]12. The quantitative estimate of drug-likeness (QED) is 0.372. The Balaban J connectivity index is 2.30. The summed E-state index contributed by atoms with van der Waals surface area (Å²) >= 11 is 13.4. The molecule has 4 nitrogen and oxygen atoms in total. The van der Waals surface area contributed by atoms with Crippen molar-refractivity contribution < 1.29 is 14.7 Å². The van der Waals surface area contributed by atoms with Gasteiger partial charge in [-0.1, -0.05) is 55.5 Å². The van der Waals surface area contributed by atoms with Gasteiger partial charge in [-0.2, -0.15) is 0 Å². The third-order valence-electron chi connectivity index (χ3n) is 6.84. The van der Waals surface area contributed by atoms with Crippen LogP contribution in [0.1, 0.15) is 76.0 Å². The van der Waals surface area contributed by atoms with Crippen LogP contribution in [0.3, 0.4) is 0 Å². The topological polar surface area (TPSA) is 58.9 Å². The summed E-state index contributed by atoms with van der Waals surface area (Å²) in [4.78, 5) is 12.7. The molecule has 0 spiro atoms. The van der Waals surface area contributed by atoms with Crippen LogP contribution in [0.4, 0.5) is 0 Å². The van der Waals surface area contributed by atoms with Crippen molar-refractivity contribution >= 4 is 34.9 Å². The van der Waals surface area contributed by atoms with Gasteiger partial charge in [-0.15, -0.1) is 0 Å². The van der Waals surface area contributed by atoms with E-state index >= 15 is 0 Å². The van der Waals surface area contributed by atoms with Crippen LogP contribution in [0.5, 0.6) is 0 Å². The number of hydrogen-bond donors (Lipinski definition) is 1. The van der Waals surface area contributed by atoms with Crippen molar-refractivity contribution in [2.45, 2.75) is 64.7 Å². The fourth-order valence-electron chi connectivity index (χ4n) is 5.41. The predicted octanol–water partition coefficient (Wildman–Crippen LogP) is 5.94. The molecule has 1 aromatic carbocycles. The van der Waals surface area contributed by atoms with Gasteiger partial charge in [0.1, 0.15) is 0 Å². The molecule has 3 atom stereocenters. The maximum absolute atomic E-state index is 12.7. The summed E-state index contributed by atoms with van der Waals surface area (Å²) in [6.45, 7) is 8.22. The number of rotatable bonds is 2. The number of hydrogen-bond acceptors (Lipinski definition) is 4. The van der Waals surface area contributed by atoms with Gasteiger partial charge in [-0.3, -0.25) is 4.79 Å². The van der Waals surface area contributed by atoms with Gasteiger partial charge in [-0.05, 0) is 60.6 Å². The van der Waals surface area contributed by atoms with Crippen molar-refractivity contribution in [3.05, 3.63) is 32.8 Å². The molecule has 0 amide bonds. The molecule has 27 heavy (non-hydrogen) atoms. The summed E-state index contributed by atoms with van der Waals surface area (Å²) in [6, 6.07) is 1.97. The lowest BCUT2D eigenvalue weighted by atomic mass is 9.49. The van der Waals surface area contributed by atoms with E-state index in [0.717, 1.165) is 36.0 Å². The highest BCUT2D eigenvalue weighted by molar-refractivity contribution is 6.39. The molecule has 0 saturated heterocycles. The molecule has 1 fully saturated rings. The van der Waals surface area contributed by atoms with Gasteiger partial charge in [0, 0.05) is 10.6 Å². The molecule has 3 rings (SSSR count). The number of methoxy groups -OCH3 is 1. The fraction of sp³-hybridized carbons (Fsp3) is 0.619. The summed E-state index contributed by atoms with van der Waals surface area (Å²) < 4.78 is 5.15. The van der Waals surface area contributed by atoms with Crippen molar-refractivity contribution in [3.63, 3.8) is 0 Å². The molecule has 2 aliphatic rings. The van der Waals surface area contributed by atoms with Gasteiger partial charge in [0.05, 0.1) is 23.3 Å². The van der Waals surface area contributed by atoms with Crippen LogP contribution in [0.25, 0.3) is 0 Å². The summed E-state index contributed by atoms with van der Waals surface area (Å²) in [7, 11) is 1.43. The van der Waals surface area contributed by atoms with Gasteiger partial charge in [0.15, 0.2) is 0 Å². The molecule has 148 valence electrons. The largest absolute Gasteiger partial charge is 0.469 e. The highest BCUT2D eigenvalue weighted by atomic mass is 35.5. The van der Waals surface area contributed by atoms with Crippen LogP contribution in [0, 0.1) is 11.3 Å². The van der Waals surface area contributed by atoms with Gasteiger partial charge in [0.2, 0.25) is 0 Å². The zero-order chi connectivity index (χ0) is 20.1. The third kappa shape index (κ3) is 2.87. The van der Waals surface area contributed by atoms with Crippen molar-refractivity contribution in [2.75, 3.05) is 7.11 Å². The highest BCUT2D eigenvalue weighted by Crippen LogP contribution is 2.59. The van der Waals surface area contributed by atoms with Gasteiger partial charge >= 0.3 is 5.97 Å². The van der Waals surface area contributed by atoms with Gasteiger partial charge in [0.25, 0.3) is 0 Å². The van der Waals surface area contributed by atoms with E-state index in [1.54, 1.807) is 0 Å². The minimum absolute atomic E-state index is 0.0540. The Kier molecular flexibility index (Phi) is 5.28. The standard InChI is InChI=1S/C21H27Cl2NO3/c1-11(2)16-13(22)9-12-17(18(16)23)14(24-26)10-15-20(12,3)7-6-8-21(15,4)19(25)27-5/h9,11,15,26H,6-8,10H2,1-5H3/t15-,20-,21-/m1/s1. The molecule has 1 N–H and O–H groups in total. The molecule has 6 heteroatoms. The molecule has 0 bridgehead atoms. The van der Waals surface area contributed by atoms with Gasteiger partial charge < -0.3 is 9.94 Å². The van der Waals surface area contributed by atoms with Crippen LogP contribution in [0.2, 0.25) is 10.0 Å². The number of carbonyl (C=O) groups is 1. The summed E-state index contributed by atoms with van der Waals surface area (Å²) in [5.74, 6) is -0.121. The predicted molar refractivity (Wildman–Crippen MR) is 108 cm³/mol. The molecule has 0 unspecified atom stereocenters. The summed E-state index contributed by atoms with van der Waals surface area (Å²) in [6.07, 6.45) is 3.05. The average molecular weight is 412 g/mol. The molecule has 0 heterocycles. The number of oxime groups is 1. The molecular weight excluding hydrogens is 385 g/mol. The van der Waals surface area contributed by atoms with Crippen LogP contribution < -0.4 is 0 Å². The van der Waals surface area contributed by atoms with Crippen molar-refractivity contribution in [1.29, 1.82) is 0 Å². The van der Waals surface area contributed by atoms with Crippen molar-refractivity contribution in [3.8, 4) is 0 Å². The first-order chi connectivity index (χ1) is 12.6. The minimum atomic E-state index is -0.648. The summed E-state index contributed by atoms with van der Waals surface area (Å²) in [5, 5.41) is 14.6. The summed E-state index contributed by atoms with van der Waals surface area (Å²) in [5.41, 5.74) is 2.19. The molecule has 2 aliphatic carbocycles. The van der Waals surface area contributed by atoms with Crippen LogP contribution in [-0.4, -0.2) is 24.0 Å². The second-order valence-electron chi connectivity index (χ2n) is 8.65. The smallest absolute Gasteiger partial charge is 0.311 e. The third-order valence-corrected chi connectivity index (χ3v) is 7.54. The maximum atomic E-state index is 12.7. The lowest BCUT2D eigenvalue weighted by molar-refractivity contribution is -0.160. The number of carbonyl (C=O) groups excluding carboxylic acids is 1. The van der Waals surface area contributed by atoms with E-state index in [0.29, 0.717) is 22.2 Å². The molecular formula is C21H27Cl2NO3. The van der Waals surface area contributed by atoms with E-state index in [2.05, 4.69) is 12.1 Å². The lowest BCUT2D eigenvalue weighted by Crippen LogP contribution is -2.54. The lowest BCUT2D eigenvalue weighted by Gasteiger charge is -2.54. The Bertz CT molecular complexity index is 820. The molecule has 1 saturated carbocycles. The number of fused-ring (bicyclic) bond motifs is 3. The highest BCUT2D eigenvalue weighted by Gasteiger charge is 2.57. The van der Waals surface area contributed by atoms with E-state index in [1.807, 2.05) is 26.8 Å². The number of esters is 1. The van der Waals surface area contributed by atoms with E-state index < -0.39 is 5.41 Å². The maximum Gasteiger partial charge on any atom is 0.311 e. The number of ether oxygens (including phenoxy) is 1. The Labute approximate surface area is 170 Å². The molecule has 0 radical (unpaired) electrons. The first-order valence-electron chi connectivity index (χ1n) is 9.44. The molecule has 1 aromatic rings. The van der Waals surface area contributed by atoms with Crippen molar-refractivity contribution in [2.24, 2.45) is 16.5 Å². The van der Waals surface area contributed by atoms with E-state index in [-0.39, 0.29) is 23.2 Å². The van der Waals surface area contributed by atoms with Crippen LogP contribution in [0.15, 0.2) is 11.2 Å². The Morgan fingerprint density at radius 3 is 2.56 bits per heavy atom. The molecule has 0 aliphatic heterocycles. The van der Waals surface area contributed by atoms with E-state index in [4.69, 9.17) is 27.9 Å². The molecule has 0 aromatic heterocycles. The van der Waals surface area contributed by atoms with E-state index in [9.17, 15) is 10.0 Å². The number of halogens is 2. The monoisotopic (exact) mass is 411 g/mol. The average Bonchev–Trinajstić information content (AvgIpc) is 2.60. The second-order valence-corrected chi connectivity index (χ2v) is 9.43. The second kappa shape index (κ2) is 6.97. The normalized spacial score (nSPS) is 31.6. The zero-order valence-electron chi connectivity index (χ0n) is 16.5. The van der Waals surface area contributed by atoms with Crippen molar-refractivity contribution in [1.82, 2.24) is 0 Å². The first kappa shape index (κ1) is 20.5. The Morgan fingerprint density at radius 1 is 1.33 bits per heavy atom. The zero-order valence-corrected chi connectivity index (χ0v) is 18.0.